The van der Waals surface area contributed by atoms with Gasteiger partial charge in [0.15, 0.2) is 11.5 Å². The number of sulfonamides is 1. The maximum absolute atomic E-state index is 11.4. The molecule has 0 aliphatic heterocycles. The van der Waals surface area contributed by atoms with Gasteiger partial charge in [-0.2, -0.15) is 0 Å². The first kappa shape index (κ1) is 18.7. The molecular weight excluding hydrogens is 394 g/mol. The molecular formula is C19H17N5O4S. The maximum atomic E-state index is 11.4. The van der Waals surface area contributed by atoms with Gasteiger partial charge < -0.3 is 15.5 Å². The van der Waals surface area contributed by atoms with E-state index in [1.165, 1.54) is 12.1 Å². The van der Waals surface area contributed by atoms with Crippen LogP contribution < -0.4 is 10.5 Å². The van der Waals surface area contributed by atoms with Gasteiger partial charge in [-0.25, -0.2) is 23.5 Å². The van der Waals surface area contributed by atoms with Crippen LogP contribution in [0.3, 0.4) is 0 Å². The number of nitrogens with zero attached hydrogens (tertiary/aromatic N) is 3. The number of rotatable bonds is 5. The van der Waals surface area contributed by atoms with E-state index in [1.807, 2.05) is 4.40 Å². The summed E-state index contributed by atoms with van der Waals surface area (Å²) in [6.07, 6.45) is 5.12. The van der Waals surface area contributed by atoms with Crippen molar-refractivity contribution in [2.75, 3.05) is 5.32 Å². The zero-order valence-electron chi connectivity index (χ0n) is 15.0. The molecule has 4 aromatic rings. The lowest BCUT2D eigenvalue weighted by atomic mass is 10.1. The van der Waals surface area contributed by atoms with Gasteiger partial charge in [0.05, 0.1) is 11.9 Å². The van der Waals surface area contributed by atoms with Crippen molar-refractivity contribution >= 4 is 21.5 Å². The highest BCUT2D eigenvalue weighted by Crippen LogP contribution is 2.26. The van der Waals surface area contributed by atoms with Crippen LogP contribution in [0.25, 0.3) is 16.9 Å². The van der Waals surface area contributed by atoms with E-state index in [-0.39, 0.29) is 17.2 Å². The number of imidazole rings is 1. The van der Waals surface area contributed by atoms with Crippen LogP contribution in [0.1, 0.15) is 5.56 Å². The summed E-state index contributed by atoms with van der Waals surface area (Å²) < 4.78 is 24.7. The third-order valence-corrected chi connectivity index (χ3v) is 5.34. The lowest BCUT2D eigenvalue weighted by Gasteiger charge is -2.09. The summed E-state index contributed by atoms with van der Waals surface area (Å²) in [7, 11) is -3.98. The zero-order chi connectivity index (χ0) is 20.6. The van der Waals surface area contributed by atoms with Crippen molar-refractivity contribution in [2.45, 2.75) is 11.4 Å². The van der Waals surface area contributed by atoms with Crippen LogP contribution >= 0.6 is 0 Å². The van der Waals surface area contributed by atoms with E-state index < -0.39 is 15.8 Å². The first-order valence-corrected chi connectivity index (χ1v) is 10.1. The minimum Gasteiger partial charge on any atom is -0.508 e. The quantitative estimate of drug-likeness (QED) is 0.394. The van der Waals surface area contributed by atoms with Crippen LogP contribution in [0.15, 0.2) is 66.0 Å². The lowest BCUT2D eigenvalue weighted by Crippen LogP contribution is -2.12. The summed E-state index contributed by atoms with van der Waals surface area (Å²) in [5.74, 6) is 0.296. The Morgan fingerprint density at radius 1 is 1.07 bits per heavy atom. The van der Waals surface area contributed by atoms with E-state index in [0.29, 0.717) is 17.0 Å². The predicted molar refractivity (Wildman–Crippen MR) is 107 cm³/mol. The summed E-state index contributed by atoms with van der Waals surface area (Å²) in [6.45, 7) is 0.284. The maximum Gasteiger partial charge on any atom is 0.241 e. The van der Waals surface area contributed by atoms with Crippen LogP contribution in [-0.2, 0) is 16.6 Å². The fourth-order valence-electron chi connectivity index (χ4n) is 2.99. The standard InChI is InChI=1S/C19H17N5O4S/c20-29(27,28)17-6-1-12(9-16(17)26)10-22-18-19-23-11-15(24(19)8-7-21-18)13-2-4-14(25)5-3-13/h1-9,11,25-26H,10H2,(H,21,22)(H2,20,27,28). The smallest absolute Gasteiger partial charge is 0.241 e. The Hall–Kier alpha value is -3.63. The van der Waals surface area contributed by atoms with Gasteiger partial charge in [-0.1, -0.05) is 6.07 Å². The summed E-state index contributed by atoms with van der Waals surface area (Å²) >= 11 is 0. The molecule has 5 N–H and O–H groups in total. The van der Waals surface area contributed by atoms with Crippen molar-refractivity contribution in [1.29, 1.82) is 0 Å². The Morgan fingerprint density at radius 3 is 2.52 bits per heavy atom. The van der Waals surface area contributed by atoms with Crippen LogP contribution in [0.4, 0.5) is 5.82 Å². The first-order valence-electron chi connectivity index (χ1n) is 8.53. The second kappa shape index (κ2) is 7.08. The van der Waals surface area contributed by atoms with Gasteiger partial charge in [-0.3, -0.25) is 4.40 Å². The number of fused-ring (bicyclic) bond motifs is 1. The van der Waals surface area contributed by atoms with Crippen LogP contribution in [0.5, 0.6) is 11.5 Å². The molecule has 0 unspecified atom stereocenters. The first-order chi connectivity index (χ1) is 13.8. The second-order valence-electron chi connectivity index (χ2n) is 6.36. The zero-order valence-corrected chi connectivity index (χ0v) is 15.8. The van der Waals surface area contributed by atoms with Crippen molar-refractivity contribution in [3.05, 3.63) is 66.6 Å². The van der Waals surface area contributed by atoms with Crippen molar-refractivity contribution in [2.24, 2.45) is 5.14 Å². The number of primary sulfonamides is 1. The van der Waals surface area contributed by atoms with Crippen LogP contribution in [-0.4, -0.2) is 33.0 Å². The van der Waals surface area contributed by atoms with Crippen molar-refractivity contribution in [3.8, 4) is 22.8 Å². The number of nitrogens with one attached hydrogen (secondary N) is 1. The number of benzene rings is 2. The molecule has 0 atom stereocenters. The molecule has 0 fully saturated rings. The Kier molecular flexibility index (Phi) is 4.57. The molecule has 0 aliphatic carbocycles. The fourth-order valence-corrected chi connectivity index (χ4v) is 3.60. The van der Waals surface area contributed by atoms with E-state index in [1.54, 1.807) is 48.9 Å². The second-order valence-corrected chi connectivity index (χ2v) is 7.89. The highest BCUT2D eigenvalue weighted by molar-refractivity contribution is 7.89. The topological polar surface area (TPSA) is 143 Å². The Balaban J connectivity index is 1.61. The highest BCUT2D eigenvalue weighted by Gasteiger charge is 2.14. The number of nitrogens with two attached hydrogens (primary N) is 1. The highest BCUT2D eigenvalue weighted by atomic mass is 32.2. The normalized spacial score (nSPS) is 11.6. The summed E-state index contributed by atoms with van der Waals surface area (Å²) in [6, 6.07) is 10.9. The van der Waals surface area contributed by atoms with E-state index in [2.05, 4.69) is 15.3 Å². The number of aromatic hydroxyl groups is 2. The van der Waals surface area contributed by atoms with E-state index in [9.17, 15) is 18.6 Å². The number of anilines is 1. The van der Waals surface area contributed by atoms with E-state index in [0.717, 1.165) is 11.3 Å². The molecule has 9 nitrogen and oxygen atoms in total. The molecule has 10 heteroatoms. The molecule has 0 saturated carbocycles. The molecule has 2 aromatic heterocycles. The van der Waals surface area contributed by atoms with Crippen molar-refractivity contribution < 1.29 is 18.6 Å². The van der Waals surface area contributed by atoms with Gasteiger partial charge >= 0.3 is 0 Å². The monoisotopic (exact) mass is 411 g/mol. The molecule has 0 amide bonds. The summed E-state index contributed by atoms with van der Waals surface area (Å²) in [5.41, 5.74) is 2.96. The number of phenolic OH excluding ortho intramolecular Hbond substituents is 2. The average molecular weight is 411 g/mol. The molecule has 4 rings (SSSR count). The Morgan fingerprint density at radius 2 is 1.83 bits per heavy atom. The predicted octanol–water partition coefficient (Wildman–Crippen LogP) is 2.07. The average Bonchev–Trinajstić information content (AvgIpc) is 3.11. The van der Waals surface area contributed by atoms with Crippen molar-refractivity contribution in [3.63, 3.8) is 0 Å². The molecule has 0 bridgehead atoms. The number of hydrogen-bond donors (Lipinski definition) is 4. The van der Waals surface area contributed by atoms with Crippen molar-refractivity contribution in [1.82, 2.24) is 14.4 Å². The molecule has 2 aromatic carbocycles. The van der Waals surface area contributed by atoms with Gasteiger partial charge in [-0.05, 0) is 42.0 Å². The summed E-state index contributed by atoms with van der Waals surface area (Å²) in [5, 5.41) is 27.6. The largest absolute Gasteiger partial charge is 0.508 e. The van der Waals surface area contributed by atoms with Gasteiger partial charge in [-0.15, -0.1) is 0 Å². The van der Waals surface area contributed by atoms with E-state index >= 15 is 0 Å². The SMILES string of the molecule is NS(=O)(=O)c1ccc(CNc2nccn3c(-c4ccc(O)cc4)cnc23)cc1O. The number of aromatic nitrogens is 3. The van der Waals surface area contributed by atoms with E-state index in [4.69, 9.17) is 5.14 Å². The summed E-state index contributed by atoms with van der Waals surface area (Å²) in [4.78, 5) is 8.41. The Labute approximate surface area is 166 Å². The number of phenols is 2. The molecule has 29 heavy (non-hydrogen) atoms. The minimum absolute atomic E-state index is 0.184. The fraction of sp³-hybridized carbons (Fsp3) is 0.0526. The van der Waals surface area contributed by atoms with Gasteiger partial charge in [0.25, 0.3) is 0 Å². The third-order valence-electron chi connectivity index (χ3n) is 4.38. The minimum atomic E-state index is -3.98. The van der Waals surface area contributed by atoms with Gasteiger partial charge in [0.1, 0.15) is 16.4 Å². The van der Waals surface area contributed by atoms with Crippen LogP contribution in [0, 0.1) is 0 Å². The Bertz CT molecular complexity index is 1300. The lowest BCUT2D eigenvalue weighted by molar-refractivity contribution is 0.458. The third kappa shape index (κ3) is 3.71. The number of hydrogen-bond acceptors (Lipinski definition) is 7. The van der Waals surface area contributed by atoms with Gasteiger partial charge in [0, 0.05) is 24.5 Å². The molecule has 0 spiro atoms. The molecule has 148 valence electrons. The van der Waals surface area contributed by atoms with Crippen LogP contribution in [0.2, 0.25) is 0 Å². The molecule has 0 saturated heterocycles. The molecule has 0 radical (unpaired) electrons. The molecule has 2 heterocycles. The van der Waals surface area contributed by atoms with Gasteiger partial charge in [0.2, 0.25) is 10.0 Å². The molecule has 0 aliphatic rings.